The SMILES string of the molecule is COc1ccc(C(=O)C(C)NC(C)(C)CO)cc1OC. The normalized spacial score (nSPS) is 12.9. The van der Waals surface area contributed by atoms with Crippen molar-refractivity contribution in [3.8, 4) is 11.5 Å². The fourth-order valence-electron chi connectivity index (χ4n) is 1.94. The van der Waals surface area contributed by atoms with Crippen LogP contribution < -0.4 is 14.8 Å². The van der Waals surface area contributed by atoms with Crippen molar-refractivity contribution in [2.75, 3.05) is 20.8 Å². The molecule has 0 amide bonds. The Bertz CT molecular complexity index is 471. The largest absolute Gasteiger partial charge is 0.493 e. The van der Waals surface area contributed by atoms with Gasteiger partial charge in [-0.1, -0.05) is 0 Å². The summed E-state index contributed by atoms with van der Waals surface area (Å²) in [5, 5.41) is 12.3. The van der Waals surface area contributed by atoms with Crippen LogP contribution in [0.5, 0.6) is 11.5 Å². The van der Waals surface area contributed by atoms with Crippen LogP contribution in [0, 0.1) is 0 Å². The van der Waals surface area contributed by atoms with Gasteiger partial charge in [-0.25, -0.2) is 0 Å². The Kier molecular flexibility index (Phi) is 5.53. The highest BCUT2D eigenvalue weighted by atomic mass is 16.5. The molecule has 0 aliphatic rings. The lowest BCUT2D eigenvalue weighted by molar-refractivity contribution is 0.0911. The van der Waals surface area contributed by atoms with E-state index in [0.29, 0.717) is 17.1 Å². The molecule has 1 rings (SSSR count). The first-order valence-corrected chi connectivity index (χ1v) is 6.49. The minimum absolute atomic E-state index is 0.0451. The monoisotopic (exact) mass is 281 g/mol. The maximum atomic E-state index is 12.4. The molecular weight excluding hydrogens is 258 g/mol. The van der Waals surface area contributed by atoms with E-state index in [2.05, 4.69) is 5.32 Å². The van der Waals surface area contributed by atoms with Gasteiger partial charge < -0.3 is 19.9 Å². The lowest BCUT2D eigenvalue weighted by Gasteiger charge is -2.27. The zero-order chi connectivity index (χ0) is 15.3. The summed E-state index contributed by atoms with van der Waals surface area (Å²) >= 11 is 0. The fourth-order valence-corrected chi connectivity index (χ4v) is 1.94. The second-order valence-electron chi connectivity index (χ2n) is 5.34. The second-order valence-corrected chi connectivity index (χ2v) is 5.34. The highest BCUT2D eigenvalue weighted by molar-refractivity contribution is 6.00. The summed E-state index contributed by atoms with van der Waals surface area (Å²) in [5.41, 5.74) is 0.0300. The summed E-state index contributed by atoms with van der Waals surface area (Å²) in [6.07, 6.45) is 0. The number of rotatable bonds is 7. The van der Waals surface area contributed by atoms with Crippen molar-refractivity contribution in [2.45, 2.75) is 32.4 Å². The molecule has 0 bridgehead atoms. The van der Waals surface area contributed by atoms with E-state index in [9.17, 15) is 9.90 Å². The smallest absolute Gasteiger partial charge is 0.179 e. The molecule has 0 aliphatic heterocycles. The van der Waals surface area contributed by atoms with Gasteiger partial charge in [-0.15, -0.1) is 0 Å². The number of hydrogen-bond acceptors (Lipinski definition) is 5. The van der Waals surface area contributed by atoms with E-state index in [-0.39, 0.29) is 12.4 Å². The zero-order valence-corrected chi connectivity index (χ0v) is 12.7. The molecule has 5 heteroatoms. The first-order valence-electron chi connectivity index (χ1n) is 6.49. The standard InChI is InChI=1S/C15H23NO4/c1-10(16-15(2,3)9-17)14(18)11-6-7-12(19-4)13(8-11)20-5/h6-8,10,16-17H,9H2,1-5H3. The van der Waals surface area contributed by atoms with Crippen molar-refractivity contribution >= 4 is 5.78 Å². The van der Waals surface area contributed by atoms with E-state index >= 15 is 0 Å². The van der Waals surface area contributed by atoms with Gasteiger partial charge >= 0.3 is 0 Å². The van der Waals surface area contributed by atoms with Gasteiger partial charge in [0.2, 0.25) is 0 Å². The molecule has 0 spiro atoms. The number of ether oxygens (including phenoxy) is 2. The van der Waals surface area contributed by atoms with Crippen molar-refractivity contribution in [1.29, 1.82) is 0 Å². The molecular formula is C15H23NO4. The Morgan fingerprint density at radius 2 is 1.90 bits per heavy atom. The third-order valence-corrected chi connectivity index (χ3v) is 3.06. The number of carbonyl (C=O) groups is 1. The number of methoxy groups -OCH3 is 2. The molecule has 1 atom stereocenters. The van der Waals surface area contributed by atoms with E-state index < -0.39 is 11.6 Å². The lowest BCUT2D eigenvalue weighted by atomic mass is 10.0. The van der Waals surface area contributed by atoms with E-state index in [4.69, 9.17) is 9.47 Å². The molecule has 2 N–H and O–H groups in total. The van der Waals surface area contributed by atoms with E-state index in [0.717, 1.165) is 0 Å². The van der Waals surface area contributed by atoms with Crippen LogP contribution in [-0.4, -0.2) is 43.3 Å². The molecule has 5 nitrogen and oxygen atoms in total. The highest BCUT2D eigenvalue weighted by Crippen LogP contribution is 2.28. The van der Waals surface area contributed by atoms with Crippen molar-refractivity contribution in [3.05, 3.63) is 23.8 Å². The van der Waals surface area contributed by atoms with Crippen molar-refractivity contribution in [1.82, 2.24) is 5.32 Å². The zero-order valence-electron chi connectivity index (χ0n) is 12.7. The average Bonchev–Trinajstić information content (AvgIpc) is 2.45. The summed E-state index contributed by atoms with van der Waals surface area (Å²) in [5.74, 6) is 1.04. The predicted octanol–water partition coefficient (Wildman–Crippen LogP) is 1.64. The molecule has 0 aliphatic carbocycles. The number of hydrogen-bond donors (Lipinski definition) is 2. The van der Waals surface area contributed by atoms with Gasteiger partial charge in [0.1, 0.15) is 0 Å². The Balaban J connectivity index is 2.92. The summed E-state index contributed by atoms with van der Waals surface area (Å²) in [6.45, 7) is 5.41. The average molecular weight is 281 g/mol. The van der Waals surface area contributed by atoms with E-state index in [1.54, 1.807) is 32.2 Å². The minimum atomic E-state index is -0.508. The Labute approximate surface area is 119 Å². The number of nitrogens with one attached hydrogen (secondary N) is 1. The van der Waals surface area contributed by atoms with Gasteiger partial charge in [-0.05, 0) is 39.0 Å². The number of carbonyl (C=O) groups excluding carboxylic acids is 1. The number of benzene rings is 1. The van der Waals surface area contributed by atoms with Gasteiger partial charge in [0.25, 0.3) is 0 Å². The van der Waals surface area contributed by atoms with Crippen LogP contribution >= 0.6 is 0 Å². The molecule has 0 saturated heterocycles. The quantitative estimate of drug-likeness (QED) is 0.744. The molecule has 20 heavy (non-hydrogen) atoms. The van der Waals surface area contributed by atoms with Crippen LogP contribution in [0.15, 0.2) is 18.2 Å². The first-order chi connectivity index (χ1) is 9.34. The maximum absolute atomic E-state index is 12.4. The van der Waals surface area contributed by atoms with Gasteiger partial charge in [0.15, 0.2) is 17.3 Å². The third kappa shape index (κ3) is 3.95. The molecule has 0 radical (unpaired) electrons. The summed E-state index contributed by atoms with van der Waals surface area (Å²) < 4.78 is 10.3. The van der Waals surface area contributed by atoms with Crippen molar-refractivity contribution < 1.29 is 19.4 Å². The highest BCUT2D eigenvalue weighted by Gasteiger charge is 2.24. The Morgan fingerprint density at radius 3 is 2.40 bits per heavy atom. The Hall–Kier alpha value is -1.59. The molecule has 0 aromatic heterocycles. The molecule has 0 fully saturated rings. The predicted molar refractivity (Wildman–Crippen MR) is 77.6 cm³/mol. The second kappa shape index (κ2) is 6.72. The number of Topliss-reactive ketones (excluding diaryl/α,β-unsaturated/α-hetero) is 1. The van der Waals surface area contributed by atoms with Gasteiger partial charge in [-0.3, -0.25) is 4.79 Å². The number of aliphatic hydroxyl groups is 1. The number of ketones is 1. The summed E-state index contributed by atoms with van der Waals surface area (Å²) in [4.78, 5) is 12.4. The Morgan fingerprint density at radius 1 is 1.30 bits per heavy atom. The van der Waals surface area contributed by atoms with Gasteiger partial charge in [0.05, 0.1) is 26.9 Å². The topological polar surface area (TPSA) is 67.8 Å². The fraction of sp³-hybridized carbons (Fsp3) is 0.533. The summed E-state index contributed by atoms with van der Waals surface area (Å²) in [6, 6.07) is 4.66. The van der Waals surface area contributed by atoms with E-state index in [1.165, 1.54) is 7.11 Å². The third-order valence-electron chi connectivity index (χ3n) is 3.06. The lowest BCUT2D eigenvalue weighted by Crippen LogP contribution is -2.50. The van der Waals surface area contributed by atoms with Crippen LogP contribution in [0.2, 0.25) is 0 Å². The van der Waals surface area contributed by atoms with Crippen molar-refractivity contribution in [2.24, 2.45) is 0 Å². The van der Waals surface area contributed by atoms with Crippen LogP contribution in [0.25, 0.3) is 0 Å². The summed E-state index contributed by atoms with van der Waals surface area (Å²) in [7, 11) is 3.08. The van der Waals surface area contributed by atoms with E-state index in [1.807, 2.05) is 13.8 Å². The van der Waals surface area contributed by atoms with Crippen LogP contribution in [0.4, 0.5) is 0 Å². The molecule has 0 heterocycles. The van der Waals surface area contributed by atoms with Crippen LogP contribution in [0.1, 0.15) is 31.1 Å². The molecule has 1 aromatic rings. The number of aliphatic hydroxyl groups excluding tert-OH is 1. The maximum Gasteiger partial charge on any atom is 0.179 e. The van der Waals surface area contributed by atoms with Crippen LogP contribution in [-0.2, 0) is 0 Å². The minimum Gasteiger partial charge on any atom is -0.493 e. The molecule has 112 valence electrons. The molecule has 1 unspecified atom stereocenters. The first kappa shape index (κ1) is 16.5. The van der Waals surface area contributed by atoms with Gasteiger partial charge in [0, 0.05) is 11.1 Å². The molecule has 0 saturated carbocycles. The molecule has 1 aromatic carbocycles. The van der Waals surface area contributed by atoms with Gasteiger partial charge in [-0.2, -0.15) is 0 Å². The van der Waals surface area contributed by atoms with Crippen LogP contribution in [0.3, 0.4) is 0 Å². The van der Waals surface area contributed by atoms with Crippen molar-refractivity contribution in [3.63, 3.8) is 0 Å².